The van der Waals surface area contributed by atoms with Crippen LogP contribution >= 0.6 is 0 Å². The number of unbranched alkanes of at least 4 members (excludes halogenated alkanes) is 25. The predicted octanol–water partition coefficient (Wildman–Crippen LogP) is 7.20. The van der Waals surface area contributed by atoms with Crippen molar-refractivity contribution >= 4 is 5.91 Å². The minimum absolute atomic E-state index is 0.197. The molecule has 1 aliphatic heterocycles. The van der Waals surface area contributed by atoms with Crippen LogP contribution in [0.2, 0.25) is 0 Å². The number of aliphatic hydroxyl groups is 8. The van der Waals surface area contributed by atoms with E-state index in [1.807, 2.05) is 0 Å². The van der Waals surface area contributed by atoms with Crippen molar-refractivity contribution < 1.29 is 55.1 Å². The van der Waals surface area contributed by atoms with Crippen LogP contribution in [0.5, 0.6) is 0 Å². The molecular weight excluding hydrogens is 767 g/mol. The molecule has 12 nitrogen and oxygen atoms in total. The Balaban J connectivity index is 2.47. The summed E-state index contributed by atoms with van der Waals surface area (Å²) in [6, 6.07) is -1.37. The van der Waals surface area contributed by atoms with E-state index in [0.29, 0.717) is 12.8 Å². The van der Waals surface area contributed by atoms with Gasteiger partial charge in [0, 0.05) is 0 Å². The maximum Gasteiger partial charge on any atom is 0.249 e. The zero-order chi connectivity index (χ0) is 44.2. The largest absolute Gasteiger partial charge is 0.394 e. The van der Waals surface area contributed by atoms with Gasteiger partial charge in [-0.3, -0.25) is 4.79 Å². The maximum atomic E-state index is 13.1. The third-order valence-electron chi connectivity index (χ3n) is 11.8. The number of amides is 1. The van der Waals surface area contributed by atoms with Crippen molar-refractivity contribution in [3.8, 4) is 0 Å². The summed E-state index contributed by atoms with van der Waals surface area (Å²) in [6.45, 7) is 3.22. The molecule has 0 spiro atoms. The smallest absolute Gasteiger partial charge is 0.249 e. The second-order valence-corrected chi connectivity index (χ2v) is 17.3. The van der Waals surface area contributed by atoms with Gasteiger partial charge in [-0.05, 0) is 44.9 Å². The molecule has 10 atom stereocenters. The molecule has 1 saturated heterocycles. The molecule has 9 N–H and O–H groups in total. The van der Waals surface area contributed by atoms with Crippen LogP contribution in [0.4, 0.5) is 0 Å². The molecule has 0 aromatic rings. The minimum atomic E-state index is -1.77. The van der Waals surface area contributed by atoms with Crippen molar-refractivity contribution in [2.75, 3.05) is 13.2 Å². The second kappa shape index (κ2) is 38.0. The van der Waals surface area contributed by atoms with Gasteiger partial charge >= 0.3 is 0 Å². The topological polar surface area (TPSA) is 209 Å². The summed E-state index contributed by atoms with van der Waals surface area (Å²) in [6.07, 6.45) is 26.7. The van der Waals surface area contributed by atoms with E-state index in [0.717, 1.165) is 44.9 Å². The first-order valence-electron chi connectivity index (χ1n) is 24.3. The molecule has 0 aliphatic carbocycles. The van der Waals surface area contributed by atoms with Crippen molar-refractivity contribution in [1.29, 1.82) is 0 Å². The van der Waals surface area contributed by atoms with Crippen LogP contribution in [0, 0.1) is 0 Å². The lowest BCUT2D eigenvalue weighted by molar-refractivity contribution is -0.303. The molecule has 12 heteroatoms. The van der Waals surface area contributed by atoms with Gasteiger partial charge in [0.25, 0.3) is 0 Å². The fourth-order valence-electron chi connectivity index (χ4n) is 7.69. The van der Waals surface area contributed by atoms with E-state index in [1.165, 1.54) is 128 Å². The van der Waals surface area contributed by atoms with Gasteiger partial charge in [0.2, 0.25) is 5.91 Å². The van der Waals surface area contributed by atoms with Crippen molar-refractivity contribution in [3.63, 3.8) is 0 Å². The van der Waals surface area contributed by atoms with Gasteiger partial charge in [-0.25, -0.2) is 0 Å². The Morgan fingerprint density at radius 2 is 1.02 bits per heavy atom. The average Bonchev–Trinajstić information content (AvgIpc) is 3.25. The van der Waals surface area contributed by atoms with E-state index < -0.39 is 80.3 Å². The van der Waals surface area contributed by atoms with Crippen LogP contribution in [-0.2, 0) is 14.3 Å². The average molecular weight is 858 g/mol. The summed E-state index contributed by atoms with van der Waals surface area (Å²) in [5, 5.41) is 86.2. The number of carbonyl (C=O) groups is 1. The Morgan fingerprint density at radius 3 is 1.48 bits per heavy atom. The Kier molecular flexibility index (Phi) is 35.9. The van der Waals surface area contributed by atoms with Gasteiger partial charge in [0.15, 0.2) is 6.29 Å². The first-order chi connectivity index (χ1) is 29.1. The van der Waals surface area contributed by atoms with Gasteiger partial charge < -0.3 is 55.6 Å². The zero-order valence-corrected chi connectivity index (χ0v) is 37.8. The normalized spacial score (nSPS) is 22.3. The molecular formula is C48H91NO11. The van der Waals surface area contributed by atoms with E-state index >= 15 is 0 Å². The second-order valence-electron chi connectivity index (χ2n) is 17.3. The number of nitrogens with one attached hydrogen (secondary N) is 1. The van der Waals surface area contributed by atoms with Crippen molar-refractivity contribution in [2.24, 2.45) is 0 Å². The van der Waals surface area contributed by atoms with Gasteiger partial charge in [-0.2, -0.15) is 0 Å². The molecule has 0 saturated carbocycles. The number of hydrogen-bond acceptors (Lipinski definition) is 11. The first kappa shape index (κ1) is 56.6. The number of ether oxygens (including phenoxy) is 2. The fourth-order valence-corrected chi connectivity index (χ4v) is 7.69. The molecule has 1 heterocycles. The molecule has 354 valence electrons. The number of aliphatic hydroxyl groups excluding tert-OH is 8. The van der Waals surface area contributed by atoms with Crippen LogP contribution in [0.1, 0.15) is 200 Å². The van der Waals surface area contributed by atoms with Crippen LogP contribution in [0.3, 0.4) is 0 Å². The predicted molar refractivity (Wildman–Crippen MR) is 239 cm³/mol. The Morgan fingerprint density at radius 1 is 0.583 bits per heavy atom. The number of hydrogen-bond donors (Lipinski definition) is 9. The van der Waals surface area contributed by atoms with Gasteiger partial charge in [0.1, 0.15) is 48.8 Å². The molecule has 0 radical (unpaired) electrons. The van der Waals surface area contributed by atoms with Crippen molar-refractivity contribution in [3.05, 3.63) is 24.3 Å². The number of carbonyl (C=O) groups excluding carboxylic acids is 1. The lowest BCUT2D eigenvalue weighted by Gasteiger charge is -2.40. The van der Waals surface area contributed by atoms with Gasteiger partial charge in [-0.15, -0.1) is 0 Å². The molecule has 3 unspecified atom stereocenters. The summed E-state index contributed by atoms with van der Waals surface area (Å²) >= 11 is 0. The van der Waals surface area contributed by atoms with E-state index in [1.54, 1.807) is 6.08 Å². The molecule has 1 aliphatic rings. The highest BCUT2D eigenvalue weighted by Crippen LogP contribution is 2.23. The van der Waals surface area contributed by atoms with Crippen molar-refractivity contribution in [1.82, 2.24) is 5.32 Å². The highest BCUT2D eigenvalue weighted by atomic mass is 16.7. The Bertz CT molecular complexity index is 1050. The monoisotopic (exact) mass is 858 g/mol. The summed E-state index contributed by atoms with van der Waals surface area (Å²) in [5.74, 6) is -0.799. The third-order valence-corrected chi connectivity index (χ3v) is 11.8. The molecule has 60 heavy (non-hydrogen) atoms. The SMILES string of the molecule is CCCCCCCC/C=C\CCCCCCCCCCCC[C@@H](O)C(=O)N[C@@H](CO[C@@H]1OC(CO)[C@@H](O)C(O)C1O)[C@H](O)[C@H](O)[C@H](O)/C=C\CCCCCCCCCCC. The van der Waals surface area contributed by atoms with Crippen LogP contribution < -0.4 is 5.32 Å². The number of rotatable bonds is 40. The van der Waals surface area contributed by atoms with E-state index in [-0.39, 0.29) is 6.42 Å². The molecule has 1 amide bonds. The summed E-state index contributed by atoms with van der Waals surface area (Å²) < 4.78 is 11.0. The van der Waals surface area contributed by atoms with Crippen LogP contribution in [0.15, 0.2) is 24.3 Å². The quantitative estimate of drug-likeness (QED) is 0.0222. The van der Waals surface area contributed by atoms with Crippen LogP contribution in [-0.4, -0.2) is 121 Å². The molecule has 1 fully saturated rings. The van der Waals surface area contributed by atoms with E-state index in [4.69, 9.17) is 9.47 Å². The summed E-state index contributed by atoms with van der Waals surface area (Å²) in [5.41, 5.74) is 0. The fraction of sp³-hybridized carbons (Fsp3) is 0.896. The van der Waals surface area contributed by atoms with E-state index in [9.17, 15) is 45.6 Å². The molecule has 1 rings (SSSR count). The molecule has 0 aromatic heterocycles. The maximum absolute atomic E-state index is 13.1. The third kappa shape index (κ3) is 26.9. The highest BCUT2D eigenvalue weighted by molar-refractivity contribution is 5.80. The van der Waals surface area contributed by atoms with Gasteiger partial charge in [-0.1, -0.05) is 179 Å². The van der Waals surface area contributed by atoms with Crippen molar-refractivity contribution in [2.45, 2.75) is 261 Å². The standard InChI is InChI=1S/C48H91NO11/c1-3-5-7-9-11-13-15-16-17-18-19-20-21-22-23-25-27-29-31-33-35-40(52)47(58)49-38(37-59-48-46(57)45(56)44(55)41(36-50)60-48)42(53)43(54)39(51)34-32-30-28-26-24-14-12-10-8-6-4-2/h16-17,32,34,38-46,48,50-57H,3-15,18-31,33,35-37H2,1-2H3,(H,49,58)/b17-16-,34-32-/t38-,39+,40+,41?,42-,43+,44+,45?,46?,48+/m0/s1. The van der Waals surface area contributed by atoms with Gasteiger partial charge in [0.05, 0.1) is 19.3 Å². The lowest BCUT2D eigenvalue weighted by atomic mass is 9.98. The summed E-state index contributed by atoms with van der Waals surface area (Å²) in [7, 11) is 0. The van der Waals surface area contributed by atoms with Crippen LogP contribution in [0.25, 0.3) is 0 Å². The first-order valence-corrected chi connectivity index (χ1v) is 24.3. The minimum Gasteiger partial charge on any atom is -0.394 e. The highest BCUT2D eigenvalue weighted by Gasteiger charge is 2.45. The summed E-state index contributed by atoms with van der Waals surface area (Å²) in [4.78, 5) is 13.1. The van der Waals surface area contributed by atoms with E-state index in [2.05, 4.69) is 31.3 Å². The Labute approximate surface area is 364 Å². The molecule has 0 aromatic carbocycles. The lowest BCUT2D eigenvalue weighted by Crippen LogP contribution is -2.60. The zero-order valence-electron chi connectivity index (χ0n) is 37.8. The number of allylic oxidation sites excluding steroid dienone is 3. The molecule has 0 bridgehead atoms. The Hall–Kier alpha value is -1.45.